The summed E-state index contributed by atoms with van der Waals surface area (Å²) >= 11 is 0. The first-order valence-corrected chi connectivity index (χ1v) is 6.87. The van der Waals surface area contributed by atoms with Crippen LogP contribution in [-0.2, 0) is 0 Å². The first kappa shape index (κ1) is 14.1. The SMILES string of the molecule is CCCCCCC(C)c1ccc(O)c(C)c1C. The van der Waals surface area contributed by atoms with Gasteiger partial charge in [-0.15, -0.1) is 0 Å². The number of aromatic hydroxyl groups is 1. The Morgan fingerprint density at radius 1 is 1.06 bits per heavy atom. The van der Waals surface area contributed by atoms with Gasteiger partial charge in [0.2, 0.25) is 0 Å². The number of unbranched alkanes of at least 4 members (excludes halogenated alkanes) is 3. The minimum atomic E-state index is 0.421. The monoisotopic (exact) mass is 234 g/mol. The molecule has 0 bridgehead atoms. The van der Waals surface area contributed by atoms with Gasteiger partial charge in [-0.2, -0.15) is 0 Å². The average Bonchev–Trinajstić information content (AvgIpc) is 2.31. The zero-order valence-corrected chi connectivity index (χ0v) is 11.7. The van der Waals surface area contributed by atoms with Crippen molar-refractivity contribution in [3.8, 4) is 5.75 Å². The highest BCUT2D eigenvalue weighted by Gasteiger charge is 2.11. The van der Waals surface area contributed by atoms with Crippen molar-refractivity contribution < 1.29 is 5.11 Å². The second kappa shape index (κ2) is 6.68. The van der Waals surface area contributed by atoms with E-state index in [9.17, 15) is 5.11 Å². The highest BCUT2D eigenvalue weighted by Crippen LogP contribution is 2.30. The predicted molar refractivity (Wildman–Crippen MR) is 74.8 cm³/mol. The molecule has 96 valence electrons. The maximum absolute atomic E-state index is 9.65. The third-order valence-corrected chi connectivity index (χ3v) is 3.82. The summed E-state index contributed by atoms with van der Waals surface area (Å²) in [6.45, 7) is 8.66. The molecule has 0 spiro atoms. The van der Waals surface area contributed by atoms with Gasteiger partial charge in [0.1, 0.15) is 5.75 Å². The van der Waals surface area contributed by atoms with E-state index in [1.165, 1.54) is 43.2 Å². The van der Waals surface area contributed by atoms with Gasteiger partial charge in [0, 0.05) is 0 Å². The Morgan fingerprint density at radius 3 is 2.41 bits per heavy atom. The normalized spacial score (nSPS) is 12.7. The van der Waals surface area contributed by atoms with Crippen molar-refractivity contribution in [2.24, 2.45) is 0 Å². The van der Waals surface area contributed by atoms with E-state index >= 15 is 0 Å². The summed E-state index contributed by atoms with van der Waals surface area (Å²) in [5.41, 5.74) is 3.69. The van der Waals surface area contributed by atoms with E-state index in [1.807, 2.05) is 13.0 Å². The van der Waals surface area contributed by atoms with E-state index in [2.05, 4.69) is 26.8 Å². The second-order valence-corrected chi connectivity index (χ2v) is 5.17. The quantitative estimate of drug-likeness (QED) is 0.680. The third-order valence-electron chi connectivity index (χ3n) is 3.82. The molecule has 1 unspecified atom stereocenters. The molecule has 1 nitrogen and oxygen atoms in total. The predicted octanol–water partition coefficient (Wildman–Crippen LogP) is 5.08. The number of hydrogen-bond acceptors (Lipinski definition) is 1. The smallest absolute Gasteiger partial charge is 0.118 e. The van der Waals surface area contributed by atoms with E-state index in [-0.39, 0.29) is 0 Å². The molecule has 17 heavy (non-hydrogen) atoms. The summed E-state index contributed by atoms with van der Waals surface area (Å²) in [6, 6.07) is 3.92. The molecule has 1 heteroatoms. The zero-order chi connectivity index (χ0) is 12.8. The summed E-state index contributed by atoms with van der Waals surface area (Å²) in [5, 5.41) is 9.65. The molecule has 0 fully saturated rings. The van der Waals surface area contributed by atoms with Crippen LogP contribution in [0.15, 0.2) is 12.1 Å². The van der Waals surface area contributed by atoms with Crippen LogP contribution in [0.5, 0.6) is 5.75 Å². The molecular formula is C16H26O. The topological polar surface area (TPSA) is 20.2 Å². The van der Waals surface area contributed by atoms with Gasteiger partial charge in [0.15, 0.2) is 0 Å². The van der Waals surface area contributed by atoms with Gasteiger partial charge in [-0.05, 0) is 48.9 Å². The fourth-order valence-corrected chi connectivity index (χ4v) is 2.39. The lowest BCUT2D eigenvalue weighted by atomic mass is 9.89. The molecule has 0 radical (unpaired) electrons. The minimum absolute atomic E-state index is 0.421. The molecule has 0 aliphatic carbocycles. The summed E-state index contributed by atoms with van der Waals surface area (Å²) in [6.07, 6.45) is 6.56. The molecule has 0 aromatic heterocycles. The van der Waals surface area contributed by atoms with E-state index in [0.717, 1.165) is 5.56 Å². The first-order valence-electron chi connectivity index (χ1n) is 6.87. The lowest BCUT2D eigenvalue weighted by molar-refractivity contribution is 0.469. The van der Waals surface area contributed by atoms with Crippen molar-refractivity contribution in [3.63, 3.8) is 0 Å². The molecule has 0 heterocycles. The van der Waals surface area contributed by atoms with Crippen molar-refractivity contribution in [1.29, 1.82) is 0 Å². The van der Waals surface area contributed by atoms with Gasteiger partial charge >= 0.3 is 0 Å². The Kier molecular flexibility index (Phi) is 5.54. The van der Waals surface area contributed by atoms with Crippen LogP contribution < -0.4 is 0 Å². The zero-order valence-electron chi connectivity index (χ0n) is 11.7. The van der Waals surface area contributed by atoms with Crippen molar-refractivity contribution >= 4 is 0 Å². The summed E-state index contributed by atoms with van der Waals surface area (Å²) in [7, 11) is 0. The number of benzene rings is 1. The third kappa shape index (κ3) is 3.76. The molecule has 1 atom stereocenters. The number of hydrogen-bond donors (Lipinski definition) is 1. The standard InChI is InChI=1S/C16H26O/c1-5-6-7-8-9-12(2)15-10-11-16(17)14(4)13(15)3/h10-12,17H,5-9H2,1-4H3. The molecule has 0 saturated carbocycles. The molecule has 0 amide bonds. The molecular weight excluding hydrogens is 208 g/mol. The maximum atomic E-state index is 9.65. The lowest BCUT2D eigenvalue weighted by Gasteiger charge is -2.17. The van der Waals surface area contributed by atoms with Crippen LogP contribution in [-0.4, -0.2) is 5.11 Å². The van der Waals surface area contributed by atoms with Crippen LogP contribution in [0.4, 0.5) is 0 Å². The fourth-order valence-electron chi connectivity index (χ4n) is 2.39. The highest BCUT2D eigenvalue weighted by molar-refractivity contribution is 5.43. The van der Waals surface area contributed by atoms with Crippen LogP contribution >= 0.6 is 0 Å². The number of phenols is 1. The number of rotatable bonds is 6. The second-order valence-electron chi connectivity index (χ2n) is 5.17. The lowest BCUT2D eigenvalue weighted by Crippen LogP contribution is -1.99. The van der Waals surface area contributed by atoms with Crippen LogP contribution in [0.3, 0.4) is 0 Å². The van der Waals surface area contributed by atoms with Crippen LogP contribution in [0.1, 0.15) is 68.6 Å². The summed E-state index contributed by atoms with van der Waals surface area (Å²) in [4.78, 5) is 0. The minimum Gasteiger partial charge on any atom is -0.508 e. The van der Waals surface area contributed by atoms with Crippen LogP contribution in [0, 0.1) is 13.8 Å². The van der Waals surface area contributed by atoms with Gasteiger partial charge in [-0.25, -0.2) is 0 Å². The maximum Gasteiger partial charge on any atom is 0.118 e. The first-order chi connectivity index (χ1) is 8.07. The van der Waals surface area contributed by atoms with Gasteiger partial charge in [-0.3, -0.25) is 0 Å². The van der Waals surface area contributed by atoms with Crippen molar-refractivity contribution in [3.05, 3.63) is 28.8 Å². The van der Waals surface area contributed by atoms with Gasteiger partial charge in [-0.1, -0.05) is 45.6 Å². The van der Waals surface area contributed by atoms with Crippen LogP contribution in [0.2, 0.25) is 0 Å². The van der Waals surface area contributed by atoms with E-state index in [4.69, 9.17) is 0 Å². The van der Waals surface area contributed by atoms with E-state index < -0.39 is 0 Å². The van der Waals surface area contributed by atoms with Crippen molar-refractivity contribution in [2.75, 3.05) is 0 Å². The highest BCUT2D eigenvalue weighted by atomic mass is 16.3. The van der Waals surface area contributed by atoms with Crippen molar-refractivity contribution in [1.82, 2.24) is 0 Å². The molecule has 0 saturated heterocycles. The Labute approximate surface area is 106 Å². The Morgan fingerprint density at radius 2 is 1.76 bits per heavy atom. The summed E-state index contributed by atoms with van der Waals surface area (Å²) in [5.74, 6) is 1.02. The Balaban J connectivity index is 2.63. The van der Waals surface area contributed by atoms with Crippen molar-refractivity contribution in [2.45, 2.75) is 65.7 Å². The molecule has 0 aliphatic rings. The fraction of sp³-hybridized carbons (Fsp3) is 0.625. The Hall–Kier alpha value is -0.980. The Bertz CT molecular complexity index is 355. The van der Waals surface area contributed by atoms with E-state index in [0.29, 0.717) is 11.7 Å². The average molecular weight is 234 g/mol. The number of phenolic OH excluding ortho intramolecular Hbond substituents is 1. The molecule has 1 N–H and O–H groups in total. The molecule has 1 aromatic carbocycles. The molecule has 1 aromatic rings. The van der Waals surface area contributed by atoms with E-state index in [1.54, 1.807) is 0 Å². The van der Waals surface area contributed by atoms with Gasteiger partial charge < -0.3 is 5.11 Å². The van der Waals surface area contributed by atoms with Crippen LogP contribution in [0.25, 0.3) is 0 Å². The van der Waals surface area contributed by atoms with Gasteiger partial charge in [0.05, 0.1) is 0 Å². The largest absolute Gasteiger partial charge is 0.508 e. The summed E-state index contributed by atoms with van der Waals surface area (Å²) < 4.78 is 0. The molecule has 0 aliphatic heterocycles. The molecule has 1 rings (SSSR count). The van der Waals surface area contributed by atoms with Gasteiger partial charge in [0.25, 0.3) is 0 Å².